The molecule has 0 bridgehead atoms. The number of thiophene rings is 1. The Kier molecular flexibility index (Phi) is 5.62. The first-order chi connectivity index (χ1) is 8.72. The van der Waals surface area contributed by atoms with Crippen molar-refractivity contribution in [2.75, 3.05) is 0 Å². The van der Waals surface area contributed by atoms with Crippen LogP contribution in [0.5, 0.6) is 0 Å². The second-order valence-corrected chi connectivity index (χ2v) is 8.51. The molecule has 0 atom stereocenters. The molecule has 2 heteroatoms. The minimum atomic E-state index is 0.303. The lowest BCUT2D eigenvalue weighted by Gasteiger charge is -2.23. The molecule has 0 aromatic carbocycles. The third kappa shape index (κ3) is 6.78. The van der Waals surface area contributed by atoms with Crippen LogP contribution in [0.2, 0.25) is 0 Å². The molecule has 0 radical (unpaired) electrons. The monoisotopic (exact) mass is 277 g/mol. The zero-order valence-corrected chi connectivity index (χ0v) is 13.9. The number of unbranched alkanes of at least 4 members (excludes halogenated alkanes) is 1. The van der Waals surface area contributed by atoms with Gasteiger partial charge in [0.2, 0.25) is 0 Å². The molecule has 1 heterocycles. The molecule has 0 fully saturated rings. The van der Waals surface area contributed by atoms with Crippen molar-refractivity contribution in [1.29, 1.82) is 5.26 Å². The van der Waals surface area contributed by atoms with Crippen LogP contribution in [0.15, 0.2) is 11.4 Å². The first-order valence-corrected chi connectivity index (χ1v) is 8.03. The summed E-state index contributed by atoms with van der Waals surface area (Å²) in [5.41, 5.74) is 2.13. The van der Waals surface area contributed by atoms with Gasteiger partial charge in [0.25, 0.3) is 0 Å². The van der Waals surface area contributed by atoms with E-state index in [1.807, 2.05) is 11.3 Å². The van der Waals surface area contributed by atoms with Crippen LogP contribution in [0.1, 0.15) is 64.3 Å². The van der Waals surface area contributed by atoms with Crippen LogP contribution in [0, 0.1) is 22.2 Å². The van der Waals surface area contributed by atoms with Crippen molar-refractivity contribution in [2.45, 2.75) is 66.7 Å². The minimum Gasteiger partial charge on any atom is -0.198 e. The van der Waals surface area contributed by atoms with Gasteiger partial charge in [-0.15, -0.1) is 11.3 Å². The zero-order valence-electron chi connectivity index (χ0n) is 13.0. The van der Waals surface area contributed by atoms with Crippen LogP contribution < -0.4 is 0 Å². The summed E-state index contributed by atoms with van der Waals surface area (Å²) in [5.74, 6) is 0. The molecular formula is C17H27NS. The summed E-state index contributed by atoms with van der Waals surface area (Å²) in [6.45, 7) is 11.5. The molecule has 1 aromatic heterocycles. The van der Waals surface area contributed by atoms with E-state index in [0.29, 0.717) is 17.3 Å². The van der Waals surface area contributed by atoms with Gasteiger partial charge >= 0.3 is 0 Å². The highest BCUT2D eigenvalue weighted by molar-refractivity contribution is 7.10. The highest BCUT2D eigenvalue weighted by Gasteiger charge is 2.19. The molecule has 0 aliphatic heterocycles. The van der Waals surface area contributed by atoms with Gasteiger partial charge in [0.15, 0.2) is 0 Å². The summed E-state index contributed by atoms with van der Waals surface area (Å²) in [5, 5.41) is 10.9. The lowest BCUT2D eigenvalue weighted by Crippen LogP contribution is -2.14. The third-order valence-corrected chi connectivity index (χ3v) is 4.22. The number of nitrogens with zero attached hydrogens (tertiary/aromatic N) is 1. The fraction of sp³-hybridized carbons (Fsp3) is 0.706. The van der Waals surface area contributed by atoms with Gasteiger partial charge in [-0.2, -0.15) is 5.26 Å². The molecule has 0 amide bonds. The number of rotatable bonds is 6. The first-order valence-electron chi connectivity index (χ1n) is 7.15. The van der Waals surface area contributed by atoms with Gasteiger partial charge < -0.3 is 0 Å². The van der Waals surface area contributed by atoms with E-state index in [2.05, 4.69) is 52.1 Å². The van der Waals surface area contributed by atoms with E-state index in [9.17, 15) is 0 Å². The average Bonchev–Trinajstić information content (AvgIpc) is 2.61. The summed E-state index contributed by atoms with van der Waals surface area (Å²) in [4.78, 5) is 1.50. The average molecular weight is 277 g/mol. The Morgan fingerprint density at radius 1 is 1.16 bits per heavy atom. The minimum absolute atomic E-state index is 0.303. The molecular weight excluding hydrogens is 250 g/mol. The van der Waals surface area contributed by atoms with Crippen molar-refractivity contribution in [1.82, 2.24) is 0 Å². The van der Waals surface area contributed by atoms with Crippen LogP contribution >= 0.6 is 11.3 Å². The van der Waals surface area contributed by atoms with Crippen LogP contribution in [0.4, 0.5) is 0 Å². The quantitative estimate of drug-likeness (QED) is 0.621. The SMILES string of the molecule is CC(C)(C)Cc1cc(CC(C)(C)CCCC#N)cs1. The van der Waals surface area contributed by atoms with Crippen LogP contribution in [-0.2, 0) is 12.8 Å². The normalized spacial score (nSPS) is 12.4. The second kappa shape index (κ2) is 6.57. The Morgan fingerprint density at radius 3 is 2.42 bits per heavy atom. The van der Waals surface area contributed by atoms with Gasteiger partial charge in [-0.3, -0.25) is 0 Å². The molecule has 106 valence electrons. The summed E-state index contributed by atoms with van der Waals surface area (Å²) in [6, 6.07) is 4.61. The molecule has 0 saturated heterocycles. The summed E-state index contributed by atoms with van der Waals surface area (Å²) in [7, 11) is 0. The predicted octanol–water partition coefficient (Wildman–Crippen LogP) is 5.60. The van der Waals surface area contributed by atoms with Crippen molar-refractivity contribution >= 4 is 11.3 Å². The fourth-order valence-electron chi connectivity index (χ4n) is 2.42. The summed E-state index contributed by atoms with van der Waals surface area (Å²) >= 11 is 1.89. The number of nitriles is 1. The van der Waals surface area contributed by atoms with Gasteiger partial charge in [0.05, 0.1) is 6.07 Å². The maximum atomic E-state index is 8.62. The molecule has 19 heavy (non-hydrogen) atoms. The maximum absolute atomic E-state index is 8.62. The Balaban J connectivity index is 2.55. The molecule has 1 rings (SSSR count). The molecule has 0 unspecified atom stereocenters. The van der Waals surface area contributed by atoms with Crippen LogP contribution in [-0.4, -0.2) is 0 Å². The van der Waals surface area contributed by atoms with Gasteiger partial charge in [0, 0.05) is 11.3 Å². The molecule has 0 N–H and O–H groups in total. The standard InChI is InChI=1S/C17H27NS/c1-16(2,3)12-15-10-14(13-19-15)11-17(4,5)8-6-7-9-18/h10,13H,6-8,11-12H2,1-5H3. The smallest absolute Gasteiger partial charge is 0.0621 e. The van der Waals surface area contributed by atoms with E-state index in [-0.39, 0.29) is 0 Å². The number of hydrogen-bond acceptors (Lipinski definition) is 2. The van der Waals surface area contributed by atoms with Gasteiger partial charge in [0.1, 0.15) is 0 Å². The second-order valence-electron chi connectivity index (χ2n) is 7.51. The van der Waals surface area contributed by atoms with E-state index >= 15 is 0 Å². The van der Waals surface area contributed by atoms with E-state index in [4.69, 9.17) is 5.26 Å². The molecule has 1 nitrogen and oxygen atoms in total. The van der Waals surface area contributed by atoms with E-state index in [1.54, 1.807) is 0 Å². The fourth-order valence-corrected chi connectivity index (χ4v) is 3.61. The Morgan fingerprint density at radius 2 is 1.84 bits per heavy atom. The Labute approximate surface area is 122 Å². The van der Waals surface area contributed by atoms with E-state index in [0.717, 1.165) is 25.7 Å². The Bertz CT molecular complexity index is 429. The highest BCUT2D eigenvalue weighted by Crippen LogP contribution is 2.31. The zero-order chi connectivity index (χ0) is 14.5. The lowest BCUT2D eigenvalue weighted by atomic mass is 9.81. The molecule has 0 spiro atoms. The topological polar surface area (TPSA) is 23.8 Å². The van der Waals surface area contributed by atoms with Gasteiger partial charge in [-0.25, -0.2) is 0 Å². The van der Waals surface area contributed by atoms with Crippen LogP contribution in [0.3, 0.4) is 0 Å². The van der Waals surface area contributed by atoms with Crippen molar-refractivity contribution in [3.05, 3.63) is 21.9 Å². The first kappa shape index (κ1) is 16.2. The Hall–Kier alpha value is -0.810. The van der Waals surface area contributed by atoms with Crippen LogP contribution in [0.25, 0.3) is 0 Å². The lowest BCUT2D eigenvalue weighted by molar-refractivity contribution is 0.325. The van der Waals surface area contributed by atoms with E-state index in [1.165, 1.54) is 10.4 Å². The molecule has 1 aromatic rings. The third-order valence-electron chi connectivity index (χ3n) is 3.24. The van der Waals surface area contributed by atoms with Crippen molar-refractivity contribution < 1.29 is 0 Å². The summed E-state index contributed by atoms with van der Waals surface area (Å²) < 4.78 is 0. The highest BCUT2D eigenvalue weighted by atomic mass is 32.1. The van der Waals surface area contributed by atoms with E-state index < -0.39 is 0 Å². The predicted molar refractivity (Wildman–Crippen MR) is 84.4 cm³/mol. The summed E-state index contributed by atoms with van der Waals surface area (Å²) in [6.07, 6.45) is 5.11. The molecule has 0 saturated carbocycles. The maximum Gasteiger partial charge on any atom is 0.0621 e. The molecule has 0 aliphatic carbocycles. The van der Waals surface area contributed by atoms with Crippen molar-refractivity contribution in [3.63, 3.8) is 0 Å². The largest absolute Gasteiger partial charge is 0.198 e. The number of hydrogen-bond donors (Lipinski definition) is 0. The van der Waals surface area contributed by atoms with Crippen molar-refractivity contribution in [3.8, 4) is 6.07 Å². The van der Waals surface area contributed by atoms with Crippen molar-refractivity contribution in [2.24, 2.45) is 10.8 Å². The van der Waals surface area contributed by atoms with Gasteiger partial charge in [-0.1, -0.05) is 34.6 Å². The van der Waals surface area contributed by atoms with Gasteiger partial charge in [-0.05, 0) is 53.5 Å². The molecule has 0 aliphatic rings.